The molecule has 0 atom stereocenters. The van der Waals surface area contributed by atoms with Gasteiger partial charge in [0, 0.05) is 0 Å². The minimum absolute atomic E-state index is 0.00447. The zero-order valence-corrected chi connectivity index (χ0v) is 6.24. The number of aryl methyl sites for hydroxylation is 1. The lowest BCUT2D eigenvalue weighted by molar-refractivity contribution is -0.137. The quantitative estimate of drug-likeness (QED) is 0.535. The molecule has 12 heavy (non-hydrogen) atoms. The molecule has 1 rings (SSSR count). The molecule has 0 fully saturated rings. The second kappa shape index (κ2) is 2.77. The van der Waals surface area contributed by atoms with E-state index in [2.05, 4.69) is 0 Å². The van der Waals surface area contributed by atoms with Gasteiger partial charge in [-0.05, 0) is 30.7 Å². The van der Waals surface area contributed by atoms with Gasteiger partial charge in [0.05, 0.1) is 5.56 Å². The Morgan fingerprint density at radius 1 is 1.17 bits per heavy atom. The maximum Gasteiger partial charge on any atom is 0.416 e. The molecule has 0 aliphatic carbocycles. The van der Waals surface area contributed by atoms with Crippen molar-refractivity contribution < 1.29 is 17.6 Å². The summed E-state index contributed by atoms with van der Waals surface area (Å²) in [5.41, 5.74) is -0.814. The van der Waals surface area contributed by atoms with Crippen LogP contribution in [0.1, 0.15) is 11.1 Å². The Morgan fingerprint density at radius 2 is 1.75 bits per heavy atom. The summed E-state index contributed by atoms with van der Waals surface area (Å²) in [6.45, 7) is 1.30. The van der Waals surface area contributed by atoms with Crippen molar-refractivity contribution in [3.63, 3.8) is 0 Å². The first kappa shape index (κ1) is 9.03. The lowest BCUT2D eigenvalue weighted by Crippen LogP contribution is -2.05. The van der Waals surface area contributed by atoms with Gasteiger partial charge in [0.1, 0.15) is 5.82 Å². The van der Waals surface area contributed by atoms with Gasteiger partial charge in [0.25, 0.3) is 0 Å². The molecule has 0 amide bonds. The number of rotatable bonds is 0. The SMILES string of the molecule is Cc1cc(C(F)(F)F)ccc1F. The predicted molar refractivity (Wildman–Crippen MR) is 36.1 cm³/mol. The Bertz CT molecular complexity index is 288. The molecule has 0 radical (unpaired) electrons. The molecule has 0 bridgehead atoms. The summed E-state index contributed by atoms with van der Waals surface area (Å²) in [5, 5.41) is 0. The summed E-state index contributed by atoms with van der Waals surface area (Å²) in [7, 11) is 0. The first-order chi connectivity index (χ1) is 5.41. The molecule has 0 aromatic heterocycles. The third kappa shape index (κ3) is 1.75. The van der Waals surface area contributed by atoms with Gasteiger partial charge in [-0.1, -0.05) is 0 Å². The van der Waals surface area contributed by atoms with Crippen molar-refractivity contribution in [3.05, 3.63) is 35.1 Å². The fraction of sp³-hybridized carbons (Fsp3) is 0.250. The molecule has 0 aliphatic heterocycles. The van der Waals surface area contributed by atoms with Crippen molar-refractivity contribution in [2.24, 2.45) is 0 Å². The molecule has 0 saturated carbocycles. The summed E-state index contributed by atoms with van der Waals surface area (Å²) in [6, 6.07) is 2.33. The third-order valence-corrected chi connectivity index (χ3v) is 1.49. The number of benzene rings is 1. The van der Waals surface area contributed by atoms with Crippen molar-refractivity contribution >= 4 is 0 Å². The van der Waals surface area contributed by atoms with E-state index in [0.29, 0.717) is 0 Å². The summed E-state index contributed by atoms with van der Waals surface area (Å²) in [4.78, 5) is 0. The molecule has 0 spiro atoms. The van der Waals surface area contributed by atoms with E-state index in [1.165, 1.54) is 6.92 Å². The van der Waals surface area contributed by atoms with Gasteiger partial charge in [-0.3, -0.25) is 0 Å². The van der Waals surface area contributed by atoms with E-state index < -0.39 is 17.6 Å². The largest absolute Gasteiger partial charge is 0.416 e. The fourth-order valence-corrected chi connectivity index (χ4v) is 0.821. The van der Waals surface area contributed by atoms with Gasteiger partial charge in [0.15, 0.2) is 0 Å². The van der Waals surface area contributed by atoms with Crippen LogP contribution >= 0.6 is 0 Å². The van der Waals surface area contributed by atoms with E-state index in [9.17, 15) is 17.6 Å². The Kier molecular flexibility index (Phi) is 2.08. The number of hydrogen-bond acceptors (Lipinski definition) is 0. The molecule has 1 aromatic rings. The van der Waals surface area contributed by atoms with E-state index in [1.54, 1.807) is 0 Å². The van der Waals surface area contributed by atoms with Crippen molar-refractivity contribution in [3.8, 4) is 0 Å². The van der Waals surface area contributed by atoms with Gasteiger partial charge >= 0.3 is 6.18 Å². The molecule has 1 aromatic carbocycles. The average Bonchev–Trinajstić information content (AvgIpc) is 1.92. The van der Waals surface area contributed by atoms with Crippen molar-refractivity contribution in [2.75, 3.05) is 0 Å². The van der Waals surface area contributed by atoms with E-state index in [-0.39, 0.29) is 5.56 Å². The smallest absolute Gasteiger partial charge is 0.207 e. The lowest BCUT2D eigenvalue weighted by Gasteiger charge is -2.06. The first-order valence-electron chi connectivity index (χ1n) is 3.24. The molecule has 0 nitrogen and oxygen atoms in total. The van der Waals surface area contributed by atoms with Gasteiger partial charge < -0.3 is 0 Å². The van der Waals surface area contributed by atoms with Gasteiger partial charge in [-0.2, -0.15) is 13.2 Å². The zero-order chi connectivity index (χ0) is 9.35. The average molecular weight is 178 g/mol. The molecular formula is C8H6F4. The summed E-state index contributed by atoms with van der Waals surface area (Å²) < 4.78 is 48.5. The van der Waals surface area contributed by atoms with Gasteiger partial charge in [0.2, 0.25) is 0 Å². The molecule has 66 valence electrons. The standard InChI is InChI=1S/C8H6F4/c1-5-4-6(8(10,11)12)2-3-7(5)9/h2-4H,1H3. The van der Waals surface area contributed by atoms with E-state index in [4.69, 9.17) is 0 Å². The second-order valence-corrected chi connectivity index (χ2v) is 2.46. The van der Waals surface area contributed by atoms with Crippen LogP contribution < -0.4 is 0 Å². The van der Waals surface area contributed by atoms with Gasteiger partial charge in [-0.25, -0.2) is 4.39 Å². The lowest BCUT2D eigenvalue weighted by atomic mass is 10.1. The summed E-state index contributed by atoms with van der Waals surface area (Å²) in [6.07, 6.45) is -4.39. The monoisotopic (exact) mass is 178 g/mol. The highest BCUT2D eigenvalue weighted by molar-refractivity contribution is 5.25. The number of halogens is 4. The Balaban J connectivity index is 3.14. The topological polar surface area (TPSA) is 0 Å². The fourth-order valence-electron chi connectivity index (χ4n) is 0.821. The predicted octanol–water partition coefficient (Wildman–Crippen LogP) is 3.15. The van der Waals surface area contributed by atoms with Crippen molar-refractivity contribution in [1.29, 1.82) is 0 Å². The maximum atomic E-state index is 12.5. The van der Waals surface area contributed by atoms with Gasteiger partial charge in [-0.15, -0.1) is 0 Å². The van der Waals surface area contributed by atoms with Crippen LogP contribution in [0.3, 0.4) is 0 Å². The molecular weight excluding hydrogens is 172 g/mol. The normalized spacial score (nSPS) is 11.8. The molecule has 0 unspecified atom stereocenters. The Morgan fingerprint density at radius 3 is 2.17 bits per heavy atom. The van der Waals surface area contributed by atoms with Crippen LogP contribution in [0.15, 0.2) is 18.2 Å². The van der Waals surface area contributed by atoms with Crippen LogP contribution in [0.4, 0.5) is 17.6 Å². The van der Waals surface area contributed by atoms with Crippen LogP contribution in [0.25, 0.3) is 0 Å². The van der Waals surface area contributed by atoms with E-state index >= 15 is 0 Å². The van der Waals surface area contributed by atoms with Crippen LogP contribution in [0.5, 0.6) is 0 Å². The Labute approximate surface area is 66.8 Å². The third-order valence-electron chi connectivity index (χ3n) is 1.49. The summed E-state index contributed by atoms with van der Waals surface area (Å²) in [5.74, 6) is -0.622. The molecule has 0 N–H and O–H groups in total. The van der Waals surface area contributed by atoms with Crippen LogP contribution in [0.2, 0.25) is 0 Å². The highest BCUT2D eigenvalue weighted by atomic mass is 19.4. The van der Waals surface area contributed by atoms with Crippen molar-refractivity contribution in [2.45, 2.75) is 13.1 Å². The maximum absolute atomic E-state index is 12.5. The van der Waals surface area contributed by atoms with Crippen LogP contribution in [-0.4, -0.2) is 0 Å². The summed E-state index contributed by atoms with van der Waals surface area (Å²) >= 11 is 0. The molecule has 4 heteroatoms. The number of hydrogen-bond donors (Lipinski definition) is 0. The molecule has 0 aliphatic rings. The highest BCUT2D eigenvalue weighted by Gasteiger charge is 2.30. The second-order valence-electron chi connectivity index (χ2n) is 2.46. The Hall–Kier alpha value is -1.06. The minimum Gasteiger partial charge on any atom is -0.207 e. The number of alkyl halides is 3. The van der Waals surface area contributed by atoms with Crippen LogP contribution in [-0.2, 0) is 6.18 Å². The first-order valence-corrected chi connectivity index (χ1v) is 3.24. The zero-order valence-electron chi connectivity index (χ0n) is 6.24. The van der Waals surface area contributed by atoms with E-state index in [1.807, 2.05) is 0 Å². The minimum atomic E-state index is -4.39. The molecule has 0 heterocycles. The van der Waals surface area contributed by atoms with Crippen LogP contribution in [0, 0.1) is 12.7 Å². The highest BCUT2D eigenvalue weighted by Crippen LogP contribution is 2.29. The van der Waals surface area contributed by atoms with Crippen molar-refractivity contribution in [1.82, 2.24) is 0 Å². The van der Waals surface area contributed by atoms with E-state index in [0.717, 1.165) is 18.2 Å². The molecule has 0 saturated heterocycles.